The highest BCUT2D eigenvalue weighted by Crippen LogP contribution is 2.27. The van der Waals surface area contributed by atoms with Crippen molar-refractivity contribution in [3.8, 4) is 0 Å². The number of nitrogens with two attached hydrogens (primary N) is 1. The van der Waals surface area contributed by atoms with Crippen LogP contribution in [0.2, 0.25) is 0 Å². The molecule has 0 bridgehead atoms. The zero-order chi connectivity index (χ0) is 11.5. The Kier molecular flexibility index (Phi) is 3.36. The SMILES string of the molecule is CC(CN)CN(C)c1ncnc2ccsc12. The minimum atomic E-state index is 0.468. The quantitative estimate of drug-likeness (QED) is 0.878. The highest BCUT2D eigenvalue weighted by Gasteiger charge is 2.11. The first-order chi connectivity index (χ1) is 7.72. The molecule has 16 heavy (non-hydrogen) atoms. The first kappa shape index (κ1) is 11.3. The van der Waals surface area contributed by atoms with Crippen LogP contribution in [0.5, 0.6) is 0 Å². The van der Waals surface area contributed by atoms with Crippen LogP contribution in [-0.2, 0) is 0 Å². The van der Waals surface area contributed by atoms with E-state index in [0.29, 0.717) is 12.5 Å². The Morgan fingerprint density at radius 1 is 1.50 bits per heavy atom. The molecule has 2 aromatic rings. The Morgan fingerprint density at radius 2 is 2.31 bits per heavy atom. The maximum absolute atomic E-state index is 5.63. The van der Waals surface area contributed by atoms with E-state index >= 15 is 0 Å². The second-order valence-electron chi connectivity index (χ2n) is 4.05. The van der Waals surface area contributed by atoms with Crippen molar-refractivity contribution in [2.24, 2.45) is 11.7 Å². The van der Waals surface area contributed by atoms with Gasteiger partial charge in [-0.1, -0.05) is 6.92 Å². The number of aromatic nitrogens is 2. The molecule has 4 nitrogen and oxygen atoms in total. The Bertz CT molecular complexity index is 468. The lowest BCUT2D eigenvalue weighted by atomic mass is 10.2. The molecule has 1 atom stereocenters. The van der Waals surface area contributed by atoms with Crippen molar-refractivity contribution in [3.05, 3.63) is 17.8 Å². The van der Waals surface area contributed by atoms with Gasteiger partial charge in [0.1, 0.15) is 12.1 Å². The van der Waals surface area contributed by atoms with Gasteiger partial charge in [-0.05, 0) is 23.9 Å². The van der Waals surface area contributed by atoms with Crippen molar-refractivity contribution < 1.29 is 0 Å². The number of thiophene rings is 1. The summed E-state index contributed by atoms with van der Waals surface area (Å²) >= 11 is 1.68. The molecular weight excluding hydrogens is 220 g/mol. The normalized spacial score (nSPS) is 12.9. The monoisotopic (exact) mass is 236 g/mol. The van der Waals surface area contributed by atoms with E-state index in [1.807, 2.05) is 18.5 Å². The summed E-state index contributed by atoms with van der Waals surface area (Å²) in [5.41, 5.74) is 6.65. The van der Waals surface area contributed by atoms with Gasteiger partial charge in [0.05, 0.1) is 10.2 Å². The number of rotatable bonds is 4. The molecule has 2 rings (SSSR count). The molecule has 2 aromatic heterocycles. The van der Waals surface area contributed by atoms with Crippen LogP contribution >= 0.6 is 11.3 Å². The van der Waals surface area contributed by atoms with Crippen LogP contribution in [0.4, 0.5) is 5.82 Å². The van der Waals surface area contributed by atoms with Crippen molar-refractivity contribution in [2.45, 2.75) is 6.92 Å². The first-order valence-corrected chi connectivity index (χ1v) is 6.19. The third-order valence-electron chi connectivity index (χ3n) is 2.57. The summed E-state index contributed by atoms with van der Waals surface area (Å²) in [5, 5.41) is 2.04. The molecule has 0 fully saturated rings. The van der Waals surface area contributed by atoms with E-state index in [0.717, 1.165) is 22.6 Å². The van der Waals surface area contributed by atoms with E-state index in [4.69, 9.17) is 5.73 Å². The van der Waals surface area contributed by atoms with Gasteiger partial charge in [-0.2, -0.15) is 0 Å². The lowest BCUT2D eigenvalue weighted by Crippen LogP contribution is -2.28. The van der Waals surface area contributed by atoms with Gasteiger partial charge in [0.25, 0.3) is 0 Å². The standard InChI is InChI=1S/C11H16N4S/c1-8(5-12)6-15(2)11-10-9(3-4-16-10)13-7-14-11/h3-4,7-8H,5-6,12H2,1-2H3. The summed E-state index contributed by atoms with van der Waals surface area (Å²) in [6.07, 6.45) is 1.62. The lowest BCUT2D eigenvalue weighted by Gasteiger charge is -2.21. The lowest BCUT2D eigenvalue weighted by molar-refractivity contribution is 0.588. The fraction of sp³-hybridized carbons (Fsp3) is 0.455. The van der Waals surface area contributed by atoms with Crippen LogP contribution in [0.15, 0.2) is 17.8 Å². The molecule has 0 aliphatic rings. The number of hydrogen-bond donors (Lipinski definition) is 1. The number of nitrogens with zero attached hydrogens (tertiary/aromatic N) is 3. The largest absolute Gasteiger partial charge is 0.358 e. The highest BCUT2D eigenvalue weighted by atomic mass is 32.1. The topological polar surface area (TPSA) is 55.0 Å². The molecule has 5 heteroatoms. The second-order valence-corrected chi connectivity index (χ2v) is 4.97. The van der Waals surface area contributed by atoms with Crippen LogP contribution in [0, 0.1) is 5.92 Å². The van der Waals surface area contributed by atoms with E-state index in [1.54, 1.807) is 17.7 Å². The van der Waals surface area contributed by atoms with Gasteiger partial charge in [0.15, 0.2) is 0 Å². The van der Waals surface area contributed by atoms with Crippen LogP contribution < -0.4 is 10.6 Å². The predicted molar refractivity (Wildman–Crippen MR) is 68.9 cm³/mol. The second kappa shape index (κ2) is 4.76. The molecule has 0 aliphatic heterocycles. The molecule has 2 N–H and O–H groups in total. The average molecular weight is 236 g/mol. The van der Waals surface area contributed by atoms with Crippen molar-refractivity contribution >= 4 is 27.4 Å². The van der Waals surface area contributed by atoms with Crippen molar-refractivity contribution in [3.63, 3.8) is 0 Å². The maximum atomic E-state index is 5.63. The van der Waals surface area contributed by atoms with E-state index < -0.39 is 0 Å². The van der Waals surface area contributed by atoms with Crippen molar-refractivity contribution in [2.75, 3.05) is 25.0 Å². The number of hydrogen-bond acceptors (Lipinski definition) is 5. The molecule has 0 aromatic carbocycles. The van der Waals surface area contributed by atoms with E-state index in [2.05, 4.69) is 21.8 Å². The Balaban J connectivity index is 2.28. The van der Waals surface area contributed by atoms with Crippen molar-refractivity contribution in [1.82, 2.24) is 9.97 Å². The minimum Gasteiger partial charge on any atom is -0.358 e. The fourth-order valence-corrected chi connectivity index (χ4v) is 2.56. The Hall–Kier alpha value is -1.20. The number of fused-ring (bicyclic) bond motifs is 1. The van der Waals surface area contributed by atoms with Crippen LogP contribution in [0.1, 0.15) is 6.92 Å². The molecule has 0 amide bonds. The number of anilines is 1. The van der Waals surface area contributed by atoms with Crippen molar-refractivity contribution in [1.29, 1.82) is 0 Å². The van der Waals surface area contributed by atoms with E-state index in [9.17, 15) is 0 Å². The summed E-state index contributed by atoms with van der Waals surface area (Å²) in [6, 6.07) is 2.02. The molecule has 1 unspecified atom stereocenters. The molecule has 86 valence electrons. The molecular formula is C11H16N4S. The van der Waals surface area contributed by atoms with Gasteiger partial charge in [-0.3, -0.25) is 0 Å². The molecule has 0 spiro atoms. The third kappa shape index (κ3) is 2.15. The first-order valence-electron chi connectivity index (χ1n) is 5.31. The van der Waals surface area contributed by atoms with Gasteiger partial charge >= 0.3 is 0 Å². The zero-order valence-electron chi connectivity index (χ0n) is 9.55. The van der Waals surface area contributed by atoms with Crippen LogP contribution in [0.3, 0.4) is 0 Å². The van der Waals surface area contributed by atoms with Gasteiger partial charge in [0, 0.05) is 13.6 Å². The van der Waals surface area contributed by atoms with Gasteiger partial charge < -0.3 is 10.6 Å². The van der Waals surface area contributed by atoms with Crippen LogP contribution in [-0.4, -0.2) is 30.1 Å². The summed E-state index contributed by atoms with van der Waals surface area (Å²) in [6.45, 7) is 3.76. The van der Waals surface area contributed by atoms with E-state index in [1.165, 1.54) is 0 Å². The minimum absolute atomic E-state index is 0.468. The smallest absolute Gasteiger partial charge is 0.149 e. The summed E-state index contributed by atoms with van der Waals surface area (Å²) in [5.74, 6) is 1.47. The molecule has 0 radical (unpaired) electrons. The average Bonchev–Trinajstić information content (AvgIpc) is 2.76. The highest BCUT2D eigenvalue weighted by molar-refractivity contribution is 7.17. The van der Waals surface area contributed by atoms with Crippen LogP contribution in [0.25, 0.3) is 10.2 Å². The Morgan fingerprint density at radius 3 is 3.06 bits per heavy atom. The molecule has 0 saturated heterocycles. The third-order valence-corrected chi connectivity index (χ3v) is 3.47. The predicted octanol–water partition coefficient (Wildman–Crippen LogP) is 1.72. The van der Waals surface area contributed by atoms with E-state index in [-0.39, 0.29) is 0 Å². The summed E-state index contributed by atoms with van der Waals surface area (Å²) < 4.78 is 1.15. The maximum Gasteiger partial charge on any atom is 0.149 e. The molecule has 0 aliphatic carbocycles. The fourth-order valence-electron chi connectivity index (χ4n) is 1.68. The molecule has 0 saturated carbocycles. The Labute approximate surface area is 99.1 Å². The van der Waals surface area contributed by atoms with Gasteiger partial charge in [-0.15, -0.1) is 11.3 Å². The van der Waals surface area contributed by atoms with Gasteiger partial charge in [-0.25, -0.2) is 9.97 Å². The van der Waals surface area contributed by atoms with Gasteiger partial charge in [0.2, 0.25) is 0 Å². The summed E-state index contributed by atoms with van der Waals surface area (Å²) in [7, 11) is 2.05. The molecule has 2 heterocycles. The zero-order valence-corrected chi connectivity index (χ0v) is 10.4. The summed E-state index contributed by atoms with van der Waals surface area (Å²) in [4.78, 5) is 10.7.